The number of aliphatic hydroxyl groups excluding tert-OH is 1. The van der Waals surface area contributed by atoms with Crippen LogP contribution in [0.4, 0.5) is 0 Å². The summed E-state index contributed by atoms with van der Waals surface area (Å²) in [6, 6.07) is 6.58. The lowest BCUT2D eigenvalue weighted by Crippen LogP contribution is -1.91. The minimum Gasteiger partial charge on any atom is -0.396 e. The second-order valence-electron chi connectivity index (χ2n) is 3.47. The van der Waals surface area contributed by atoms with Crippen LogP contribution in [0.2, 0.25) is 0 Å². The van der Waals surface area contributed by atoms with Crippen LogP contribution in [0, 0.1) is 0 Å². The van der Waals surface area contributed by atoms with Gasteiger partial charge in [-0.15, -0.1) is 0 Å². The Hall–Kier alpha value is -1.08. The molecule has 1 aliphatic carbocycles. The van der Waals surface area contributed by atoms with Crippen LogP contribution in [0.3, 0.4) is 0 Å². The van der Waals surface area contributed by atoms with Crippen LogP contribution < -0.4 is 0 Å². The second kappa shape index (κ2) is 3.75. The first-order valence-electron chi connectivity index (χ1n) is 4.79. The van der Waals surface area contributed by atoms with Gasteiger partial charge in [-0.05, 0) is 36.0 Å². The first kappa shape index (κ1) is 8.52. The number of fused-ring (bicyclic) bond motifs is 1. The molecule has 0 unspecified atom stereocenters. The minimum atomic E-state index is 0.287. The van der Waals surface area contributed by atoms with Gasteiger partial charge in [0.1, 0.15) is 0 Å². The molecule has 0 aromatic heterocycles. The van der Waals surface area contributed by atoms with Crippen molar-refractivity contribution in [3.8, 4) is 0 Å². The number of aliphatic hydroxyl groups is 1. The highest BCUT2D eigenvalue weighted by molar-refractivity contribution is 5.60. The van der Waals surface area contributed by atoms with Crippen molar-refractivity contribution in [1.29, 1.82) is 0 Å². The van der Waals surface area contributed by atoms with Gasteiger partial charge in [0.25, 0.3) is 0 Å². The van der Waals surface area contributed by atoms with E-state index in [9.17, 15) is 0 Å². The first-order chi connectivity index (χ1) is 6.40. The Labute approximate surface area is 78.7 Å². The summed E-state index contributed by atoms with van der Waals surface area (Å²) in [5.41, 5.74) is 4.12. The van der Waals surface area contributed by atoms with Gasteiger partial charge in [-0.3, -0.25) is 0 Å². The molecular formula is C12H14O. The highest BCUT2D eigenvalue weighted by atomic mass is 16.2. The molecule has 13 heavy (non-hydrogen) atoms. The van der Waals surface area contributed by atoms with Crippen molar-refractivity contribution in [1.82, 2.24) is 0 Å². The highest BCUT2D eigenvalue weighted by Crippen LogP contribution is 2.20. The molecule has 68 valence electrons. The zero-order chi connectivity index (χ0) is 9.10. The average molecular weight is 174 g/mol. The summed E-state index contributed by atoms with van der Waals surface area (Å²) in [6.07, 6.45) is 7.30. The normalized spacial score (nSPS) is 13.3. The third-order valence-corrected chi connectivity index (χ3v) is 2.47. The Balaban J connectivity index is 2.14. The fraction of sp³-hybridized carbons (Fsp3) is 0.333. The molecule has 0 spiro atoms. The maximum absolute atomic E-state index is 8.71. The van der Waals surface area contributed by atoms with Gasteiger partial charge < -0.3 is 5.11 Å². The van der Waals surface area contributed by atoms with Crippen LogP contribution in [0.15, 0.2) is 24.3 Å². The van der Waals surface area contributed by atoms with Crippen LogP contribution >= 0.6 is 0 Å². The topological polar surface area (TPSA) is 20.2 Å². The Morgan fingerprint density at radius 3 is 3.08 bits per heavy atom. The largest absolute Gasteiger partial charge is 0.396 e. The summed E-state index contributed by atoms with van der Waals surface area (Å²) in [6.45, 7) is 0.287. The zero-order valence-corrected chi connectivity index (χ0v) is 7.66. The Morgan fingerprint density at radius 1 is 1.31 bits per heavy atom. The molecule has 0 saturated carbocycles. The summed E-state index contributed by atoms with van der Waals surface area (Å²) in [5.74, 6) is 0. The minimum absolute atomic E-state index is 0.287. The maximum Gasteiger partial charge on any atom is 0.0434 e. The summed E-state index contributed by atoms with van der Waals surface area (Å²) < 4.78 is 0. The summed E-state index contributed by atoms with van der Waals surface area (Å²) in [7, 11) is 0. The van der Waals surface area contributed by atoms with Gasteiger partial charge in [-0.25, -0.2) is 0 Å². The average Bonchev–Trinajstić information content (AvgIpc) is 2.61. The zero-order valence-electron chi connectivity index (χ0n) is 7.66. The van der Waals surface area contributed by atoms with E-state index in [4.69, 9.17) is 5.11 Å². The lowest BCUT2D eigenvalue weighted by molar-refractivity contribution is 0.288. The molecule has 0 aliphatic heterocycles. The predicted molar refractivity (Wildman–Crippen MR) is 54.6 cm³/mol. The number of allylic oxidation sites excluding steroid dienone is 1. The molecule has 1 nitrogen and oxygen atoms in total. The van der Waals surface area contributed by atoms with Crippen molar-refractivity contribution in [2.24, 2.45) is 0 Å². The lowest BCUT2D eigenvalue weighted by atomic mass is 10.0. The van der Waals surface area contributed by atoms with E-state index in [1.165, 1.54) is 16.7 Å². The van der Waals surface area contributed by atoms with Crippen molar-refractivity contribution in [2.45, 2.75) is 19.3 Å². The number of benzene rings is 1. The molecule has 0 atom stereocenters. The van der Waals surface area contributed by atoms with Crippen molar-refractivity contribution in [3.05, 3.63) is 41.0 Å². The molecule has 1 heteroatoms. The van der Waals surface area contributed by atoms with Crippen molar-refractivity contribution in [3.63, 3.8) is 0 Å². The van der Waals surface area contributed by atoms with Gasteiger partial charge in [0.05, 0.1) is 0 Å². The van der Waals surface area contributed by atoms with E-state index >= 15 is 0 Å². The van der Waals surface area contributed by atoms with E-state index in [1.807, 2.05) is 0 Å². The standard InChI is InChI=1S/C12H14O/c13-8-2-3-10-6-7-11-4-1-5-12(11)9-10/h1,4,6-7,9,13H,2-3,5,8H2. The molecule has 0 radical (unpaired) electrons. The van der Waals surface area contributed by atoms with Gasteiger partial charge in [0.15, 0.2) is 0 Å². The molecule has 1 N–H and O–H groups in total. The first-order valence-corrected chi connectivity index (χ1v) is 4.79. The van der Waals surface area contributed by atoms with Crippen LogP contribution in [0.1, 0.15) is 23.1 Å². The van der Waals surface area contributed by atoms with Gasteiger partial charge >= 0.3 is 0 Å². The Morgan fingerprint density at radius 2 is 2.23 bits per heavy atom. The summed E-state index contributed by atoms with van der Waals surface area (Å²) >= 11 is 0. The quantitative estimate of drug-likeness (QED) is 0.744. The van der Waals surface area contributed by atoms with Crippen molar-refractivity contribution in [2.75, 3.05) is 6.61 Å². The summed E-state index contributed by atoms with van der Waals surface area (Å²) in [5, 5.41) is 8.71. The van der Waals surface area contributed by atoms with Crippen molar-refractivity contribution >= 4 is 6.08 Å². The van der Waals surface area contributed by atoms with Crippen molar-refractivity contribution < 1.29 is 5.11 Å². The molecule has 0 heterocycles. The number of hydrogen-bond donors (Lipinski definition) is 1. The molecule has 1 aromatic rings. The van der Waals surface area contributed by atoms with E-state index in [2.05, 4.69) is 30.4 Å². The third-order valence-electron chi connectivity index (χ3n) is 2.47. The maximum atomic E-state index is 8.71. The number of hydrogen-bond acceptors (Lipinski definition) is 1. The molecule has 0 fully saturated rings. The van der Waals surface area contributed by atoms with Crippen LogP contribution in [0.25, 0.3) is 6.08 Å². The van der Waals surface area contributed by atoms with E-state index < -0.39 is 0 Å². The van der Waals surface area contributed by atoms with E-state index in [0.29, 0.717) is 0 Å². The third kappa shape index (κ3) is 1.81. The fourth-order valence-electron chi connectivity index (χ4n) is 1.75. The van der Waals surface area contributed by atoms with Gasteiger partial charge in [0.2, 0.25) is 0 Å². The van der Waals surface area contributed by atoms with Crippen LogP contribution in [-0.4, -0.2) is 11.7 Å². The number of aryl methyl sites for hydroxylation is 1. The molecule has 0 saturated heterocycles. The van der Waals surface area contributed by atoms with E-state index in [0.717, 1.165) is 19.3 Å². The van der Waals surface area contributed by atoms with E-state index in [1.54, 1.807) is 0 Å². The molecule has 0 amide bonds. The van der Waals surface area contributed by atoms with Gasteiger partial charge in [-0.2, -0.15) is 0 Å². The number of rotatable bonds is 3. The molecule has 1 aromatic carbocycles. The second-order valence-corrected chi connectivity index (χ2v) is 3.47. The van der Waals surface area contributed by atoms with Crippen LogP contribution in [-0.2, 0) is 12.8 Å². The van der Waals surface area contributed by atoms with Crippen LogP contribution in [0.5, 0.6) is 0 Å². The Bertz CT molecular complexity index is 326. The SMILES string of the molecule is OCCCc1ccc2c(c1)CC=C2. The molecular weight excluding hydrogens is 160 g/mol. The predicted octanol–water partition coefficient (Wildman–Crippen LogP) is 2.18. The van der Waals surface area contributed by atoms with Gasteiger partial charge in [-0.1, -0.05) is 30.4 Å². The monoisotopic (exact) mass is 174 g/mol. The summed E-state index contributed by atoms with van der Waals surface area (Å²) in [4.78, 5) is 0. The molecule has 1 aliphatic rings. The lowest BCUT2D eigenvalue weighted by Gasteiger charge is -2.03. The van der Waals surface area contributed by atoms with Gasteiger partial charge in [0, 0.05) is 6.61 Å². The molecule has 0 bridgehead atoms. The molecule has 2 rings (SSSR count). The fourth-order valence-corrected chi connectivity index (χ4v) is 1.75. The Kier molecular flexibility index (Phi) is 2.46. The highest BCUT2D eigenvalue weighted by Gasteiger charge is 2.04. The van der Waals surface area contributed by atoms with E-state index in [-0.39, 0.29) is 6.61 Å². The smallest absolute Gasteiger partial charge is 0.0434 e.